The van der Waals surface area contributed by atoms with Gasteiger partial charge in [0.2, 0.25) is 0 Å². The molecule has 4 N–H and O–H groups in total. The molecule has 4 rings (SSSR count). The predicted molar refractivity (Wildman–Crippen MR) is 131 cm³/mol. The van der Waals surface area contributed by atoms with Crippen molar-refractivity contribution in [2.45, 2.75) is 25.7 Å². The summed E-state index contributed by atoms with van der Waals surface area (Å²) in [4.78, 5) is 26.2. The number of thiophene rings is 1. The van der Waals surface area contributed by atoms with Crippen LogP contribution < -0.4 is 21.1 Å². The van der Waals surface area contributed by atoms with E-state index in [4.69, 9.17) is 22.7 Å². The van der Waals surface area contributed by atoms with Crippen molar-refractivity contribution in [1.82, 2.24) is 5.32 Å². The number of hydrogen-bond donors (Lipinski definition) is 3. The lowest BCUT2D eigenvalue weighted by Gasteiger charge is -2.14. The molecule has 0 bridgehead atoms. The Morgan fingerprint density at radius 2 is 1.97 bits per heavy atom. The van der Waals surface area contributed by atoms with Crippen LogP contribution in [0.2, 0.25) is 0 Å². The fraction of sp³-hybridized carbons (Fsp3) is 0.227. The number of carbonyl (C=O) groups excluding carboxylic acids is 2. The van der Waals surface area contributed by atoms with E-state index in [9.17, 15) is 9.59 Å². The van der Waals surface area contributed by atoms with E-state index in [2.05, 4.69) is 26.6 Å². The molecule has 2 amide bonds. The number of fused-ring (bicyclic) bond motifs is 2. The number of nitrogens with one attached hydrogen (secondary N) is 2. The van der Waals surface area contributed by atoms with Crippen LogP contribution in [0.25, 0.3) is 10.8 Å². The number of primary amides is 1. The van der Waals surface area contributed by atoms with Crippen molar-refractivity contribution in [3.63, 3.8) is 0 Å². The van der Waals surface area contributed by atoms with Gasteiger partial charge in [-0.1, -0.05) is 24.3 Å². The zero-order valence-corrected chi connectivity index (χ0v) is 19.9. The highest BCUT2D eigenvalue weighted by Crippen LogP contribution is 2.38. The first-order valence-electron chi connectivity index (χ1n) is 9.72. The number of anilines is 1. The van der Waals surface area contributed by atoms with Gasteiger partial charge in [-0.05, 0) is 76.2 Å². The third kappa shape index (κ3) is 4.17. The highest BCUT2D eigenvalue weighted by Gasteiger charge is 2.25. The normalized spacial score (nSPS) is 12.8. The van der Waals surface area contributed by atoms with Crippen LogP contribution in [-0.4, -0.2) is 24.0 Å². The van der Waals surface area contributed by atoms with E-state index in [0.29, 0.717) is 26.4 Å². The average molecular weight is 518 g/mol. The number of halogens is 1. The molecule has 1 heterocycles. The van der Waals surface area contributed by atoms with Gasteiger partial charge in [0.15, 0.2) is 5.11 Å². The van der Waals surface area contributed by atoms with Crippen LogP contribution in [0.4, 0.5) is 5.00 Å². The first-order valence-corrected chi connectivity index (χ1v) is 11.7. The minimum absolute atomic E-state index is 0.0948. The molecule has 6 nitrogen and oxygen atoms in total. The van der Waals surface area contributed by atoms with Crippen molar-refractivity contribution in [2.75, 3.05) is 12.4 Å². The highest BCUT2D eigenvalue weighted by atomic mass is 79.9. The van der Waals surface area contributed by atoms with E-state index >= 15 is 0 Å². The van der Waals surface area contributed by atoms with Crippen LogP contribution in [0.15, 0.2) is 34.8 Å². The van der Waals surface area contributed by atoms with Crippen molar-refractivity contribution in [3.8, 4) is 5.75 Å². The van der Waals surface area contributed by atoms with Gasteiger partial charge in [-0.2, -0.15) is 0 Å². The summed E-state index contributed by atoms with van der Waals surface area (Å²) in [6, 6.07) is 9.44. The second kappa shape index (κ2) is 8.94. The number of nitrogens with two attached hydrogens (primary N) is 1. The second-order valence-electron chi connectivity index (χ2n) is 7.18. The molecule has 160 valence electrons. The Hall–Kier alpha value is -2.49. The summed E-state index contributed by atoms with van der Waals surface area (Å²) in [5.41, 5.74) is 7.45. The van der Waals surface area contributed by atoms with E-state index < -0.39 is 11.8 Å². The Kier molecular flexibility index (Phi) is 6.27. The predicted octanol–water partition coefficient (Wildman–Crippen LogP) is 4.78. The maximum absolute atomic E-state index is 13.0. The highest BCUT2D eigenvalue weighted by molar-refractivity contribution is 9.10. The van der Waals surface area contributed by atoms with Gasteiger partial charge < -0.3 is 15.8 Å². The quantitative estimate of drug-likeness (QED) is 0.433. The molecule has 1 aliphatic rings. The number of aryl methyl sites for hydroxylation is 1. The van der Waals surface area contributed by atoms with E-state index in [1.807, 2.05) is 24.3 Å². The van der Waals surface area contributed by atoms with E-state index in [0.717, 1.165) is 46.9 Å². The summed E-state index contributed by atoms with van der Waals surface area (Å²) in [6.07, 6.45) is 3.86. The van der Waals surface area contributed by atoms with Gasteiger partial charge in [0.25, 0.3) is 11.8 Å². The monoisotopic (exact) mass is 517 g/mol. The van der Waals surface area contributed by atoms with Gasteiger partial charge in [-0.25, -0.2) is 0 Å². The lowest BCUT2D eigenvalue weighted by molar-refractivity contribution is 0.0972. The first kappa shape index (κ1) is 21.7. The smallest absolute Gasteiger partial charge is 0.261 e. The van der Waals surface area contributed by atoms with Crippen LogP contribution in [-0.2, 0) is 12.8 Å². The van der Waals surface area contributed by atoms with Crippen molar-refractivity contribution >= 4 is 72.2 Å². The maximum atomic E-state index is 13.0. The second-order valence-corrected chi connectivity index (χ2v) is 9.49. The maximum Gasteiger partial charge on any atom is 0.261 e. The number of benzene rings is 2. The molecule has 3 aromatic rings. The lowest BCUT2D eigenvalue weighted by Crippen LogP contribution is -2.34. The summed E-state index contributed by atoms with van der Waals surface area (Å²) in [5, 5.41) is 8.20. The Morgan fingerprint density at radius 3 is 2.71 bits per heavy atom. The van der Waals surface area contributed by atoms with Crippen LogP contribution in [0.5, 0.6) is 5.75 Å². The summed E-state index contributed by atoms with van der Waals surface area (Å²) in [7, 11) is 1.51. The van der Waals surface area contributed by atoms with Crippen molar-refractivity contribution in [1.29, 1.82) is 0 Å². The van der Waals surface area contributed by atoms with Gasteiger partial charge >= 0.3 is 0 Å². The summed E-state index contributed by atoms with van der Waals surface area (Å²) < 4.78 is 6.17. The molecule has 2 aromatic carbocycles. The number of thiocarbonyl (C=S) groups is 1. The fourth-order valence-corrected chi connectivity index (χ4v) is 6.17. The molecule has 0 saturated carbocycles. The molecule has 0 spiro atoms. The molecule has 0 atom stereocenters. The third-order valence-electron chi connectivity index (χ3n) is 5.26. The fourth-order valence-electron chi connectivity index (χ4n) is 3.87. The zero-order valence-electron chi connectivity index (χ0n) is 16.7. The molecule has 31 heavy (non-hydrogen) atoms. The summed E-state index contributed by atoms with van der Waals surface area (Å²) in [6.45, 7) is 0. The average Bonchev–Trinajstić information content (AvgIpc) is 3.11. The minimum atomic E-state index is -0.490. The van der Waals surface area contributed by atoms with E-state index in [1.165, 1.54) is 18.4 Å². The number of methoxy groups -OCH3 is 1. The van der Waals surface area contributed by atoms with E-state index in [-0.39, 0.29) is 5.11 Å². The molecule has 0 unspecified atom stereocenters. The molecule has 9 heteroatoms. The standard InChI is InChI=1S/C22H20BrN3O3S2/c1-29-18-14(10-11-6-2-3-7-12(11)17(18)23)20(28)25-22(30)26-21-16(19(24)27)13-8-4-5-9-15(13)31-21/h2-3,6-7,10H,4-5,8-9H2,1H3,(H2,24,27)(H2,25,26,28,30). The molecular formula is C22H20BrN3O3S2. The molecule has 0 aliphatic heterocycles. The first-order chi connectivity index (χ1) is 14.9. The van der Waals surface area contributed by atoms with Crippen molar-refractivity contribution < 1.29 is 14.3 Å². The van der Waals surface area contributed by atoms with Crippen LogP contribution in [0.1, 0.15) is 44.0 Å². The minimum Gasteiger partial charge on any atom is -0.495 e. The molecular weight excluding hydrogens is 498 g/mol. The molecule has 1 aliphatic carbocycles. The Morgan fingerprint density at radius 1 is 1.23 bits per heavy atom. The zero-order chi connectivity index (χ0) is 22.1. The van der Waals surface area contributed by atoms with Gasteiger partial charge in [0.1, 0.15) is 10.8 Å². The third-order valence-corrected chi connectivity index (χ3v) is 7.46. The number of hydrogen-bond acceptors (Lipinski definition) is 5. The van der Waals surface area contributed by atoms with Crippen LogP contribution in [0.3, 0.4) is 0 Å². The summed E-state index contributed by atoms with van der Waals surface area (Å²) in [5.74, 6) is -0.484. The molecule has 1 aromatic heterocycles. The van der Waals surface area contributed by atoms with Crippen LogP contribution in [0, 0.1) is 0 Å². The van der Waals surface area contributed by atoms with E-state index in [1.54, 1.807) is 6.07 Å². The number of rotatable bonds is 4. The van der Waals surface area contributed by atoms with Gasteiger partial charge in [-0.15, -0.1) is 11.3 Å². The van der Waals surface area contributed by atoms with Gasteiger partial charge in [-0.3, -0.25) is 14.9 Å². The number of carbonyl (C=O) groups is 2. The number of ether oxygens (including phenoxy) is 1. The molecule has 0 saturated heterocycles. The molecule has 0 radical (unpaired) electrons. The Labute approximate surface area is 197 Å². The van der Waals surface area contributed by atoms with Crippen molar-refractivity contribution in [3.05, 3.63) is 56.4 Å². The topological polar surface area (TPSA) is 93.4 Å². The van der Waals surface area contributed by atoms with Gasteiger partial charge in [0, 0.05) is 4.88 Å². The van der Waals surface area contributed by atoms with Gasteiger partial charge in [0.05, 0.1) is 22.7 Å². The Bertz CT molecular complexity index is 1220. The Balaban J connectivity index is 1.60. The van der Waals surface area contributed by atoms with Crippen LogP contribution >= 0.6 is 39.5 Å². The SMILES string of the molecule is COc1c(C(=O)NC(=S)Nc2sc3c(c2C(N)=O)CCCC3)cc2ccccc2c1Br. The largest absolute Gasteiger partial charge is 0.495 e. The van der Waals surface area contributed by atoms with Crippen molar-refractivity contribution in [2.24, 2.45) is 5.73 Å². The summed E-state index contributed by atoms with van der Waals surface area (Å²) >= 11 is 10.4. The number of amides is 2. The molecule has 0 fully saturated rings. The lowest BCUT2D eigenvalue weighted by atomic mass is 9.95.